The van der Waals surface area contributed by atoms with Crippen LogP contribution in [0.15, 0.2) is 23.2 Å². The van der Waals surface area contributed by atoms with Crippen LogP contribution in [-0.2, 0) is 0 Å². The van der Waals surface area contributed by atoms with Gasteiger partial charge in [0.25, 0.3) is 0 Å². The molecule has 0 radical (unpaired) electrons. The summed E-state index contributed by atoms with van der Waals surface area (Å²) in [5.74, 6) is 0.896. The molecule has 0 fully saturated rings. The summed E-state index contributed by atoms with van der Waals surface area (Å²) in [5.41, 5.74) is 0.119. The molecular formula is C17H28N6. The van der Waals surface area contributed by atoms with Crippen molar-refractivity contribution in [2.45, 2.75) is 59.2 Å². The number of hydrogen-bond acceptors (Lipinski definition) is 5. The summed E-state index contributed by atoms with van der Waals surface area (Å²) in [5, 5.41) is 19.1. The third kappa shape index (κ3) is 5.16. The van der Waals surface area contributed by atoms with E-state index < -0.39 is 5.66 Å². The van der Waals surface area contributed by atoms with Crippen LogP contribution in [0.25, 0.3) is 0 Å². The largest absolute Gasteiger partial charge is 0.346 e. The molecule has 1 aromatic heterocycles. The summed E-state index contributed by atoms with van der Waals surface area (Å²) in [6.45, 7) is 10.0. The average Bonchev–Trinajstić information content (AvgIpc) is 2.53. The number of rotatable bonds is 8. The van der Waals surface area contributed by atoms with E-state index in [0.717, 1.165) is 19.2 Å². The first kappa shape index (κ1) is 18.8. The third-order valence-corrected chi connectivity index (χ3v) is 3.59. The molecule has 0 saturated heterocycles. The van der Waals surface area contributed by atoms with Crippen LogP contribution in [0.4, 0.5) is 5.82 Å². The van der Waals surface area contributed by atoms with Gasteiger partial charge in [-0.2, -0.15) is 0 Å². The highest BCUT2D eigenvalue weighted by Gasteiger charge is 2.21. The molecule has 0 aliphatic carbocycles. The molecule has 1 aromatic rings. The van der Waals surface area contributed by atoms with Crippen LogP contribution in [0.3, 0.4) is 0 Å². The lowest BCUT2D eigenvalue weighted by atomic mass is 10.1. The molecule has 3 N–H and O–H groups in total. The van der Waals surface area contributed by atoms with Crippen molar-refractivity contribution < 1.29 is 0 Å². The van der Waals surface area contributed by atoms with E-state index >= 15 is 0 Å². The molecular weight excluding hydrogens is 288 g/mol. The van der Waals surface area contributed by atoms with Gasteiger partial charge in [-0.3, -0.25) is 15.8 Å². The van der Waals surface area contributed by atoms with E-state index in [1.54, 1.807) is 11.0 Å². The van der Waals surface area contributed by atoms with Crippen LogP contribution < -0.4 is 5.32 Å². The van der Waals surface area contributed by atoms with Crippen molar-refractivity contribution in [3.63, 3.8) is 0 Å². The summed E-state index contributed by atoms with van der Waals surface area (Å²) in [7, 11) is 0. The Morgan fingerprint density at radius 3 is 2.65 bits per heavy atom. The predicted molar refractivity (Wildman–Crippen MR) is 97.9 cm³/mol. The zero-order chi connectivity index (χ0) is 17.5. The van der Waals surface area contributed by atoms with Crippen LogP contribution in [0.2, 0.25) is 0 Å². The van der Waals surface area contributed by atoms with Crippen LogP contribution in [0, 0.1) is 10.8 Å². The number of anilines is 1. The summed E-state index contributed by atoms with van der Waals surface area (Å²) in [4.78, 5) is 10.6. The summed E-state index contributed by atoms with van der Waals surface area (Å²) >= 11 is 0. The lowest BCUT2D eigenvalue weighted by Crippen LogP contribution is -2.36. The van der Waals surface area contributed by atoms with Crippen molar-refractivity contribution >= 4 is 24.2 Å². The number of hydrogen-bond donors (Lipinski definition) is 3. The second-order valence-electron chi connectivity index (χ2n) is 5.86. The molecule has 1 rings (SSSR count). The second kappa shape index (κ2) is 8.41. The van der Waals surface area contributed by atoms with Gasteiger partial charge in [0.1, 0.15) is 17.2 Å². The molecule has 23 heavy (non-hydrogen) atoms. The Labute approximate surface area is 139 Å². The Hall–Kier alpha value is -2.24. The van der Waals surface area contributed by atoms with Gasteiger partial charge in [0.2, 0.25) is 0 Å². The minimum atomic E-state index is -0.414. The molecule has 0 spiro atoms. The SMILES string of the molecule is CC/C=N\C(C)(CC)Nc1cccc(C(=N)N(C=N)C(C)C)n1. The topological polar surface area (TPSA) is 88.2 Å². The number of nitrogens with one attached hydrogen (secondary N) is 3. The maximum atomic E-state index is 8.26. The molecule has 0 bridgehead atoms. The van der Waals surface area contributed by atoms with Crippen LogP contribution >= 0.6 is 0 Å². The lowest BCUT2D eigenvalue weighted by Gasteiger charge is -2.27. The maximum absolute atomic E-state index is 8.26. The number of amidine groups is 1. The fraction of sp³-hybridized carbons (Fsp3) is 0.529. The van der Waals surface area contributed by atoms with Gasteiger partial charge in [-0.15, -0.1) is 0 Å². The molecule has 6 heteroatoms. The fourth-order valence-electron chi connectivity index (χ4n) is 2.02. The Bertz CT molecular complexity index is 566. The van der Waals surface area contributed by atoms with E-state index in [2.05, 4.69) is 29.1 Å². The van der Waals surface area contributed by atoms with Gasteiger partial charge in [-0.25, -0.2) is 4.98 Å². The summed E-state index contributed by atoms with van der Waals surface area (Å²) in [6, 6.07) is 5.55. The molecule has 0 aliphatic heterocycles. The lowest BCUT2D eigenvalue weighted by molar-refractivity contribution is 0.506. The van der Waals surface area contributed by atoms with Crippen molar-refractivity contribution in [1.29, 1.82) is 10.8 Å². The van der Waals surface area contributed by atoms with Gasteiger partial charge >= 0.3 is 0 Å². The molecule has 1 unspecified atom stereocenters. The molecule has 1 atom stereocenters. The van der Waals surface area contributed by atoms with Gasteiger partial charge in [0, 0.05) is 12.3 Å². The summed E-state index contributed by atoms with van der Waals surface area (Å²) in [6.07, 6.45) is 4.78. The molecule has 0 amide bonds. The fourth-order valence-corrected chi connectivity index (χ4v) is 2.02. The van der Waals surface area contributed by atoms with E-state index in [0.29, 0.717) is 11.5 Å². The van der Waals surface area contributed by atoms with Crippen molar-refractivity contribution in [3.8, 4) is 0 Å². The van der Waals surface area contributed by atoms with Gasteiger partial charge in [0.15, 0.2) is 5.84 Å². The van der Waals surface area contributed by atoms with Crippen LogP contribution in [0.1, 0.15) is 53.2 Å². The first-order valence-electron chi connectivity index (χ1n) is 8.03. The number of aromatic nitrogens is 1. The first-order valence-corrected chi connectivity index (χ1v) is 8.03. The predicted octanol–water partition coefficient (Wildman–Crippen LogP) is 3.74. The van der Waals surface area contributed by atoms with Crippen LogP contribution in [-0.4, -0.2) is 40.0 Å². The standard InChI is InChI=1S/C17H28N6/c1-6-11-20-17(5,7-2)22-15-10-8-9-14(21-15)16(19)23(12-18)13(3)4/h8-13,18-19H,6-7H2,1-5H3,(H,21,22)/b18-12?,19-16?,20-11-. The molecule has 6 nitrogen and oxygen atoms in total. The van der Waals surface area contributed by atoms with Crippen molar-refractivity contribution in [3.05, 3.63) is 23.9 Å². The Morgan fingerprint density at radius 2 is 2.13 bits per heavy atom. The zero-order valence-corrected chi connectivity index (χ0v) is 14.7. The highest BCUT2D eigenvalue weighted by atomic mass is 15.2. The molecule has 0 aromatic carbocycles. The van der Waals surface area contributed by atoms with Crippen molar-refractivity contribution in [2.24, 2.45) is 4.99 Å². The van der Waals surface area contributed by atoms with Gasteiger partial charge in [0.05, 0.1) is 6.34 Å². The van der Waals surface area contributed by atoms with Crippen molar-refractivity contribution in [1.82, 2.24) is 9.88 Å². The first-order chi connectivity index (χ1) is 10.9. The van der Waals surface area contributed by atoms with E-state index in [4.69, 9.17) is 10.8 Å². The van der Waals surface area contributed by atoms with E-state index in [9.17, 15) is 0 Å². The highest BCUT2D eigenvalue weighted by Crippen LogP contribution is 2.19. The van der Waals surface area contributed by atoms with E-state index in [-0.39, 0.29) is 11.9 Å². The van der Waals surface area contributed by atoms with Crippen molar-refractivity contribution in [2.75, 3.05) is 5.32 Å². The van der Waals surface area contributed by atoms with E-state index in [1.807, 2.05) is 39.1 Å². The minimum Gasteiger partial charge on any atom is -0.346 e. The Morgan fingerprint density at radius 1 is 1.43 bits per heavy atom. The normalized spacial score (nSPS) is 13.8. The minimum absolute atomic E-state index is 0.0356. The maximum Gasteiger partial charge on any atom is 0.152 e. The number of pyridine rings is 1. The second-order valence-corrected chi connectivity index (χ2v) is 5.86. The van der Waals surface area contributed by atoms with E-state index in [1.165, 1.54) is 0 Å². The highest BCUT2D eigenvalue weighted by molar-refractivity contribution is 6.01. The molecule has 126 valence electrons. The van der Waals surface area contributed by atoms with Gasteiger partial charge < -0.3 is 10.2 Å². The monoisotopic (exact) mass is 316 g/mol. The van der Waals surface area contributed by atoms with Gasteiger partial charge in [-0.1, -0.05) is 19.9 Å². The van der Waals surface area contributed by atoms with Gasteiger partial charge in [-0.05, 0) is 45.7 Å². The molecule has 0 saturated carbocycles. The summed E-state index contributed by atoms with van der Waals surface area (Å²) < 4.78 is 0. The zero-order valence-electron chi connectivity index (χ0n) is 14.7. The number of nitrogens with zero attached hydrogens (tertiary/aromatic N) is 3. The Balaban J connectivity index is 3.02. The quantitative estimate of drug-likeness (QED) is 0.504. The smallest absolute Gasteiger partial charge is 0.152 e. The Kier molecular flexibility index (Phi) is 6.88. The molecule has 1 heterocycles. The third-order valence-electron chi connectivity index (χ3n) is 3.59. The molecule has 0 aliphatic rings. The number of aliphatic imine (C=N–C) groups is 1. The van der Waals surface area contributed by atoms with Crippen LogP contribution in [0.5, 0.6) is 0 Å². The average molecular weight is 316 g/mol.